The van der Waals surface area contributed by atoms with E-state index in [0.717, 1.165) is 5.56 Å². The summed E-state index contributed by atoms with van der Waals surface area (Å²) in [6.07, 6.45) is 0. The van der Waals surface area contributed by atoms with Gasteiger partial charge < -0.3 is 21.1 Å². The Kier molecular flexibility index (Phi) is 5.65. The van der Waals surface area contributed by atoms with Gasteiger partial charge in [0, 0.05) is 10.7 Å². The Morgan fingerprint density at radius 2 is 1.92 bits per heavy atom. The van der Waals surface area contributed by atoms with Gasteiger partial charge in [-0.3, -0.25) is 9.59 Å². The van der Waals surface area contributed by atoms with E-state index in [2.05, 4.69) is 10.6 Å². The number of amides is 2. The number of carbonyl (C=O) groups excluding carboxylic acids is 2. The molecule has 4 N–H and O–H groups in total. The molecule has 24 heavy (non-hydrogen) atoms. The third-order valence-corrected chi connectivity index (χ3v) is 3.55. The van der Waals surface area contributed by atoms with E-state index in [1.54, 1.807) is 18.2 Å². The molecule has 0 unspecified atom stereocenters. The number of primary amides is 1. The molecule has 7 heteroatoms. The molecule has 0 fully saturated rings. The Morgan fingerprint density at radius 3 is 2.58 bits per heavy atom. The van der Waals surface area contributed by atoms with E-state index in [4.69, 9.17) is 22.1 Å². The Bertz CT molecular complexity index is 778. The van der Waals surface area contributed by atoms with Crippen LogP contribution in [-0.2, 0) is 4.79 Å². The zero-order valence-corrected chi connectivity index (χ0v) is 14.1. The fraction of sp³-hybridized carbons (Fsp3) is 0.176. The van der Waals surface area contributed by atoms with Gasteiger partial charge in [0.2, 0.25) is 5.91 Å². The number of anilines is 2. The van der Waals surface area contributed by atoms with E-state index in [0.29, 0.717) is 22.1 Å². The number of ether oxygens (including phenoxy) is 1. The molecule has 2 aromatic carbocycles. The maximum Gasteiger partial charge on any atom is 0.250 e. The first kappa shape index (κ1) is 17.6. The molecule has 0 bridgehead atoms. The second-order valence-corrected chi connectivity index (χ2v) is 5.60. The maximum atomic E-state index is 12.1. The highest BCUT2D eigenvalue weighted by Gasteiger charge is 2.11. The van der Waals surface area contributed by atoms with Crippen LogP contribution < -0.4 is 21.1 Å². The highest BCUT2D eigenvalue weighted by atomic mass is 35.5. The molecule has 0 radical (unpaired) electrons. The zero-order valence-electron chi connectivity index (χ0n) is 13.4. The van der Waals surface area contributed by atoms with Crippen LogP contribution in [-0.4, -0.2) is 25.5 Å². The van der Waals surface area contributed by atoms with Crippen LogP contribution in [0.3, 0.4) is 0 Å². The third kappa shape index (κ3) is 4.39. The number of halogens is 1. The molecule has 0 aliphatic carbocycles. The van der Waals surface area contributed by atoms with E-state index in [1.807, 2.05) is 19.1 Å². The molecule has 2 amide bonds. The molecule has 0 saturated carbocycles. The fourth-order valence-corrected chi connectivity index (χ4v) is 2.34. The highest BCUT2D eigenvalue weighted by Crippen LogP contribution is 2.25. The number of rotatable bonds is 6. The molecule has 126 valence electrons. The molecule has 2 rings (SSSR count). The average Bonchev–Trinajstić information content (AvgIpc) is 2.53. The van der Waals surface area contributed by atoms with E-state index in [-0.39, 0.29) is 18.0 Å². The smallest absolute Gasteiger partial charge is 0.250 e. The van der Waals surface area contributed by atoms with Crippen molar-refractivity contribution in [2.24, 2.45) is 5.73 Å². The minimum atomic E-state index is -0.624. The Morgan fingerprint density at radius 1 is 1.17 bits per heavy atom. The van der Waals surface area contributed by atoms with Gasteiger partial charge >= 0.3 is 0 Å². The lowest BCUT2D eigenvalue weighted by molar-refractivity contribution is -0.114. The molecule has 0 aromatic heterocycles. The van der Waals surface area contributed by atoms with Crippen LogP contribution in [0, 0.1) is 6.92 Å². The first-order valence-electron chi connectivity index (χ1n) is 7.18. The van der Waals surface area contributed by atoms with Gasteiger partial charge in [0.05, 0.1) is 24.9 Å². The van der Waals surface area contributed by atoms with Gasteiger partial charge in [-0.05, 0) is 42.8 Å². The molecule has 0 spiro atoms. The number of hydrogen-bond donors (Lipinski definition) is 3. The second kappa shape index (κ2) is 7.70. The molecule has 0 aliphatic rings. The predicted octanol–water partition coefficient (Wildman–Crippen LogP) is 2.81. The standard InChI is InChI=1S/C17H18ClN3O3/c1-10-3-6-15(24-2)14(7-10)21-16(22)9-20-13-5-4-11(18)8-12(13)17(19)23/h3-8,20H,9H2,1-2H3,(H2,19,23)(H,21,22). The largest absolute Gasteiger partial charge is 0.495 e. The summed E-state index contributed by atoms with van der Waals surface area (Å²) in [5, 5.41) is 6.04. The predicted molar refractivity (Wildman–Crippen MR) is 94.8 cm³/mol. The van der Waals surface area contributed by atoms with Gasteiger partial charge in [-0.15, -0.1) is 0 Å². The lowest BCUT2D eigenvalue weighted by atomic mass is 10.1. The Hall–Kier alpha value is -2.73. The maximum absolute atomic E-state index is 12.1. The average molecular weight is 348 g/mol. The van der Waals surface area contributed by atoms with Crippen LogP contribution in [0.5, 0.6) is 5.75 Å². The summed E-state index contributed by atoms with van der Waals surface area (Å²) >= 11 is 5.85. The Balaban J connectivity index is 2.07. The third-order valence-electron chi connectivity index (χ3n) is 3.32. The van der Waals surface area contributed by atoms with E-state index in [9.17, 15) is 9.59 Å². The molecular formula is C17H18ClN3O3. The number of aryl methyl sites for hydroxylation is 1. The van der Waals surface area contributed by atoms with Crippen LogP contribution in [0.1, 0.15) is 15.9 Å². The van der Waals surface area contributed by atoms with Gasteiger partial charge in [-0.1, -0.05) is 17.7 Å². The molecule has 0 heterocycles. The lowest BCUT2D eigenvalue weighted by Crippen LogP contribution is -2.23. The molecular weight excluding hydrogens is 330 g/mol. The summed E-state index contributed by atoms with van der Waals surface area (Å²) in [5.41, 5.74) is 7.55. The van der Waals surface area contributed by atoms with Crippen molar-refractivity contribution in [1.82, 2.24) is 0 Å². The van der Waals surface area contributed by atoms with E-state index in [1.165, 1.54) is 13.2 Å². The Labute approximate surface area is 144 Å². The molecule has 0 atom stereocenters. The van der Waals surface area contributed by atoms with Crippen LogP contribution >= 0.6 is 11.6 Å². The van der Waals surface area contributed by atoms with Gasteiger partial charge in [-0.25, -0.2) is 0 Å². The van der Waals surface area contributed by atoms with Crippen molar-refractivity contribution in [3.8, 4) is 5.75 Å². The van der Waals surface area contributed by atoms with E-state index >= 15 is 0 Å². The first-order valence-corrected chi connectivity index (χ1v) is 7.56. The summed E-state index contributed by atoms with van der Waals surface area (Å²) in [4.78, 5) is 23.6. The highest BCUT2D eigenvalue weighted by molar-refractivity contribution is 6.31. The van der Waals surface area contributed by atoms with Crippen molar-refractivity contribution >= 4 is 34.8 Å². The summed E-state index contributed by atoms with van der Waals surface area (Å²) < 4.78 is 5.22. The van der Waals surface area contributed by atoms with Gasteiger partial charge in [0.25, 0.3) is 5.91 Å². The van der Waals surface area contributed by atoms with Crippen LogP contribution in [0.2, 0.25) is 5.02 Å². The fourth-order valence-electron chi connectivity index (χ4n) is 2.16. The molecule has 0 aliphatic heterocycles. The van der Waals surface area contributed by atoms with Crippen molar-refractivity contribution in [1.29, 1.82) is 0 Å². The first-order chi connectivity index (χ1) is 11.4. The summed E-state index contributed by atoms with van der Waals surface area (Å²) in [6.45, 7) is 1.87. The number of carbonyl (C=O) groups is 2. The molecule has 0 saturated heterocycles. The van der Waals surface area contributed by atoms with Crippen LogP contribution in [0.15, 0.2) is 36.4 Å². The van der Waals surface area contributed by atoms with Crippen molar-refractivity contribution in [2.45, 2.75) is 6.92 Å². The van der Waals surface area contributed by atoms with Crippen molar-refractivity contribution < 1.29 is 14.3 Å². The number of nitrogens with two attached hydrogens (primary N) is 1. The lowest BCUT2D eigenvalue weighted by Gasteiger charge is -2.13. The minimum absolute atomic E-state index is 0.0427. The molecule has 2 aromatic rings. The monoisotopic (exact) mass is 347 g/mol. The van der Waals surface area contributed by atoms with Crippen LogP contribution in [0.4, 0.5) is 11.4 Å². The summed E-state index contributed by atoms with van der Waals surface area (Å²) in [6, 6.07) is 10.1. The van der Waals surface area contributed by atoms with E-state index < -0.39 is 5.91 Å². The normalized spacial score (nSPS) is 10.1. The second-order valence-electron chi connectivity index (χ2n) is 5.16. The number of benzene rings is 2. The quantitative estimate of drug-likeness (QED) is 0.749. The zero-order chi connectivity index (χ0) is 17.7. The topological polar surface area (TPSA) is 93.4 Å². The van der Waals surface area contributed by atoms with Crippen molar-refractivity contribution in [3.05, 3.63) is 52.5 Å². The minimum Gasteiger partial charge on any atom is -0.495 e. The number of hydrogen-bond acceptors (Lipinski definition) is 4. The number of methoxy groups -OCH3 is 1. The number of nitrogens with one attached hydrogen (secondary N) is 2. The van der Waals surface area contributed by atoms with Gasteiger partial charge in [-0.2, -0.15) is 0 Å². The summed E-state index contributed by atoms with van der Waals surface area (Å²) in [7, 11) is 1.53. The summed E-state index contributed by atoms with van der Waals surface area (Å²) in [5.74, 6) is -0.344. The SMILES string of the molecule is COc1ccc(C)cc1NC(=O)CNc1ccc(Cl)cc1C(N)=O. The van der Waals surface area contributed by atoms with Crippen molar-refractivity contribution in [3.63, 3.8) is 0 Å². The van der Waals surface area contributed by atoms with Gasteiger partial charge in [0.15, 0.2) is 0 Å². The van der Waals surface area contributed by atoms with Crippen LogP contribution in [0.25, 0.3) is 0 Å². The van der Waals surface area contributed by atoms with Crippen molar-refractivity contribution in [2.75, 3.05) is 24.3 Å². The van der Waals surface area contributed by atoms with Gasteiger partial charge in [0.1, 0.15) is 5.75 Å². The molecule has 6 nitrogen and oxygen atoms in total.